The van der Waals surface area contributed by atoms with Gasteiger partial charge in [-0.05, 0) is 48.1 Å². The number of nitrogens with zero attached hydrogens (tertiary/aromatic N) is 2. The minimum Gasteiger partial charge on any atom is -0.352 e. The molecule has 3 aromatic rings. The van der Waals surface area contributed by atoms with Gasteiger partial charge in [0.2, 0.25) is 11.8 Å². The van der Waals surface area contributed by atoms with Gasteiger partial charge in [-0.25, -0.2) is 4.68 Å². The fourth-order valence-electron chi connectivity index (χ4n) is 3.80. The predicted molar refractivity (Wildman–Crippen MR) is 113 cm³/mol. The van der Waals surface area contributed by atoms with Crippen LogP contribution in [-0.2, 0) is 22.6 Å². The Morgan fingerprint density at radius 1 is 1.28 bits per heavy atom. The number of aromatic nitrogens is 2. The van der Waals surface area contributed by atoms with Crippen molar-refractivity contribution in [1.82, 2.24) is 20.4 Å². The third kappa shape index (κ3) is 4.92. The van der Waals surface area contributed by atoms with Gasteiger partial charge in [0.05, 0.1) is 5.69 Å². The van der Waals surface area contributed by atoms with Crippen LogP contribution in [0.4, 0.5) is 0 Å². The Bertz CT molecular complexity index is 969. The zero-order chi connectivity index (χ0) is 20.1. The van der Waals surface area contributed by atoms with Crippen molar-refractivity contribution in [1.29, 1.82) is 0 Å². The molecular weight excluding hydrogens is 384 g/mol. The Hall–Kier alpha value is -2.93. The molecule has 1 aromatic carbocycles. The molecule has 1 fully saturated rings. The predicted octanol–water partition coefficient (Wildman–Crippen LogP) is 3.22. The zero-order valence-corrected chi connectivity index (χ0v) is 17.0. The molecule has 7 heteroatoms. The highest BCUT2D eigenvalue weighted by Gasteiger charge is 2.38. The first-order chi connectivity index (χ1) is 14.1. The fraction of sp³-hybridized carbons (Fsp3) is 0.318. The quantitative estimate of drug-likeness (QED) is 0.601. The summed E-state index contributed by atoms with van der Waals surface area (Å²) in [5.41, 5.74) is 1.68. The molecule has 0 radical (unpaired) electrons. The van der Waals surface area contributed by atoms with Crippen LogP contribution in [0.3, 0.4) is 0 Å². The summed E-state index contributed by atoms with van der Waals surface area (Å²) in [6.07, 6.45) is 6.77. The van der Waals surface area contributed by atoms with Gasteiger partial charge in [0.1, 0.15) is 0 Å². The topological polar surface area (TPSA) is 76.0 Å². The Kier molecular flexibility index (Phi) is 5.76. The van der Waals surface area contributed by atoms with Crippen molar-refractivity contribution in [2.45, 2.75) is 44.2 Å². The molecule has 1 unspecified atom stereocenters. The molecule has 6 nitrogen and oxygen atoms in total. The average molecular weight is 409 g/mol. The molecule has 2 aromatic heterocycles. The smallest absolute Gasteiger partial charge is 0.220 e. The molecule has 0 bridgehead atoms. The van der Waals surface area contributed by atoms with Crippen LogP contribution in [-0.4, -0.2) is 27.1 Å². The first-order valence-corrected chi connectivity index (χ1v) is 10.7. The van der Waals surface area contributed by atoms with E-state index in [-0.39, 0.29) is 17.4 Å². The largest absolute Gasteiger partial charge is 0.352 e. The molecule has 150 valence electrons. The first kappa shape index (κ1) is 19.4. The molecule has 2 amide bonds. The first-order valence-electron chi connectivity index (χ1n) is 9.81. The van der Waals surface area contributed by atoms with E-state index in [0.29, 0.717) is 25.8 Å². The highest BCUT2D eigenvalue weighted by Crippen LogP contribution is 2.30. The molecule has 1 atom stereocenters. The number of amides is 2. The Balaban J connectivity index is 1.32. The molecule has 1 saturated heterocycles. The maximum Gasteiger partial charge on any atom is 0.220 e. The van der Waals surface area contributed by atoms with E-state index in [9.17, 15) is 9.59 Å². The van der Waals surface area contributed by atoms with E-state index in [2.05, 4.69) is 21.8 Å². The normalized spacial score (nSPS) is 18.6. The third-order valence-electron chi connectivity index (χ3n) is 5.33. The van der Waals surface area contributed by atoms with E-state index in [0.717, 1.165) is 24.1 Å². The Morgan fingerprint density at radius 2 is 2.21 bits per heavy atom. The van der Waals surface area contributed by atoms with Gasteiger partial charge in [-0.3, -0.25) is 9.59 Å². The second-order valence-corrected chi connectivity index (χ2v) is 8.51. The van der Waals surface area contributed by atoms with Crippen LogP contribution < -0.4 is 10.6 Å². The second kappa shape index (κ2) is 8.61. The summed E-state index contributed by atoms with van der Waals surface area (Å²) < 4.78 is 1.79. The molecule has 0 aliphatic carbocycles. The molecule has 4 rings (SSSR count). The van der Waals surface area contributed by atoms with Crippen molar-refractivity contribution in [2.75, 3.05) is 0 Å². The van der Waals surface area contributed by atoms with Gasteiger partial charge in [0.25, 0.3) is 0 Å². The zero-order valence-electron chi connectivity index (χ0n) is 16.1. The minimum atomic E-state index is -0.306. The maximum atomic E-state index is 12.5. The van der Waals surface area contributed by atoms with Gasteiger partial charge in [-0.15, -0.1) is 11.3 Å². The number of thiophene rings is 1. The number of hydrogen-bond acceptors (Lipinski definition) is 4. The van der Waals surface area contributed by atoms with Gasteiger partial charge in [-0.2, -0.15) is 5.10 Å². The van der Waals surface area contributed by atoms with Crippen LogP contribution in [0.25, 0.3) is 5.69 Å². The van der Waals surface area contributed by atoms with Gasteiger partial charge in [0.15, 0.2) is 0 Å². The lowest BCUT2D eigenvalue weighted by atomic mass is 9.87. The fourth-order valence-corrected chi connectivity index (χ4v) is 4.65. The maximum absolute atomic E-state index is 12.5. The summed E-state index contributed by atoms with van der Waals surface area (Å²) in [4.78, 5) is 25.6. The summed E-state index contributed by atoms with van der Waals surface area (Å²) in [5.74, 6) is 0.0820. The SMILES string of the molecule is O=C(CCC1(Cc2cccs2)CCC(=O)N1)NCc1cccc(-n2cccn2)c1. The molecule has 29 heavy (non-hydrogen) atoms. The number of hydrogen-bond donors (Lipinski definition) is 2. The van der Waals surface area contributed by atoms with Gasteiger partial charge < -0.3 is 10.6 Å². The standard InChI is InChI=1S/C22H24N4O2S/c27-20(23-16-17-4-1-5-18(14-17)26-12-3-11-24-26)7-9-22(10-8-21(28)25-22)15-19-6-2-13-29-19/h1-6,11-14H,7-10,15-16H2,(H,23,27)(H,25,28). The average Bonchev–Trinajstić information content (AvgIpc) is 3.49. The van der Waals surface area contributed by atoms with Crippen molar-refractivity contribution in [3.05, 3.63) is 70.7 Å². The minimum absolute atomic E-state index is 0.00111. The van der Waals surface area contributed by atoms with Gasteiger partial charge in [-0.1, -0.05) is 18.2 Å². The third-order valence-corrected chi connectivity index (χ3v) is 6.20. The number of benzene rings is 1. The number of rotatable bonds is 8. The summed E-state index contributed by atoms with van der Waals surface area (Å²) in [6, 6.07) is 13.9. The summed E-state index contributed by atoms with van der Waals surface area (Å²) in [5, 5.41) is 12.4. The van der Waals surface area contributed by atoms with E-state index >= 15 is 0 Å². The van der Waals surface area contributed by atoms with Gasteiger partial charge in [0, 0.05) is 48.6 Å². The molecule has 0 spiro atoms. The second-order valence-electron chi connectivity index (χ2n) is 7.48. The van der Waals surface area contributed by atoms with E-state index < -0.39 is 0 Å². The molecule has 0 saturated carbocycles. The van der Waals surface area contributed by atoms with E-state index in [1.54, 1.807) is 22.2 Å². The van der Waals surface area contributed by atoms with Gasteiger partial charge >= 0.3 is 0 Å². The van der Waals surface area contributed by atoms with Crippen LogP contribution in [0.5, 0.6) is 0 Å². The molecular formula is C22H24N4O2S. The lowest BCUT2D eigenvalue weighted by Crippen LogP contribution is -2.44. The van der Waals surface area contributed by atoms with E-state index in [1.165, 1.54) is 4.88 Å². The van der Waals surface area contributed by atoms with Crippen molar-refractivity contribution in [3.63, 3.8) is 0 Å². The molecule has 1 aliphatic rings. The van der Waals surface area contributed by atoms with Crippen LogP contribution >= 0.6 is 11.3 Å². The number of nitrogens with one attached hydrogen (secondary N) is 2. The van der Waals surface area contributed by atoms with Crippen LogP contribution in [0.2, 0.25) is 0 Å². The summed E-state index contributed by atoms with van der Waals surface area (Å²) >= 11 is 1.69. The molecule has 3 heterocycles. The number of carbonyl (C=O) groups is 2. The molecule has 2 N–H and O–H groups in total. The lowest BCUT2D eigenvalue weighted by molar-refractivity contribution is -0.122. The van der Waals surface area contributed by atoms with Crippen molar-refractivity contribution < 1.29 is 9.59 Å². The van der Waals surface area contributed by atoms with Crippen LogP contribution in [0.15, 0.2) is 60.2 Å². The van der Waals surface area contributed by atoms with E-state index in [4.69, 9.17) is 0 Å². The Labute approximate surface area is 173 Å². The molecule has 1 aliphatic heterocycles. The number of carbonyl (C=O) groups excluding carboxylic acids is 2. The van der Waals surface area contributed by atoms with Crippen molar-refractivity contribution in [2.24, 2.45) is 0 Å². The van der Waals surface area contributed by atoms with Crippen molar-refractivity contribution in [3.8, 4) is 5.69 Å². The Morgan fingerprint density at radius 3 is 2.93 bits per heavy atom. The summed E-state index contributed by atoms with van der Waals surface area (Å²) in [6.45, 7) is 0.470. The van der Waals surface area contributed by atoms with E-state index in [1.807, 2.05) is 48.0 Å². The van der Waals surface area contributed by atoms with Crippen LogP contribution in [0, 0.1) is 0 Å². The highest BCUT2D eigenvalue weighted by atomic mass is 32.1. The van der Waals surface area contributed by atoms with Crippen LogP contribution in [0.1, 0.15) is 36.1 Å². The van der Waals surface area contributed by atoms with Crippen molar-refractivity contribution >= 4 is 23.2 Å². The summed E-state index contributed by atoms with van der Waals surface area (Å²) in [7, 11) is 0. The lowest BCUT2D eigenvalue weighted by Gasteiger charge is -2.28. The highest BCUT2D eigenvalue weighted by molar-refractivity contribution is 7.09. The monoisotopic (exact) mass is 408 g/mol.